The molecular formula is C40H36N6O6. The van der Waals surface area contributed by atoms with Crippen LogP contribution in [0, 0.1) is 5.92 Å². The Morgan fingerprint density at radius 1 is 1.08 bits per heavy atom. The third-order valence-corrected chi connectivity index (χ3v) is 11.3. The fourth-order valence-electron chi connectivity index (χ4n) is 8.33. The van der Waals surface area contributed by atoms with Gasteiger partial charge in [-0.2, -0.15) is 0 Å². The number of fused-ring (bicyclic) bond motifs is 7. The largest absolute Gasteiger partial charge is 0.469 e. The van der Waals surface area contributed by atoms with Gasteiger partial charge >= 0.3 is 0 Å². The summed E-state index contributed by atoms with van der Waals surface area (Å²) in [5, 5.41) is 21.5. The number of H-pyrrole nitrogens is 1. The van der Waals surface area contributed by atoms with E-state index in [9.17, 15) is 14.7 Å². The molecular weight excluding hydrogens is 660 g/mol. The van der Waals surface area contributed by atoms with Gasteiger partial charge in [-0.3, -0.25) is 9.59 Å². The molecule has 2 amide bonds. The van der Waals surface area contributed by atoms with Crippen LogP contribution in [0.5, 0.6) is 5.75 Å². The molecule has 2 unspecified atom stereocenters. The van der Waals surface area contributed by atoms with Crippen LogP contribution in [0.15, 0.2) is 75.8 Å². The number of ether oxygens (including phenoxy) is 1. The van der Waals surface area contributed by atoms with Gasteiger partial charge in [0, 0.05) is 51.5 Å². The standard InChI is InChI=1S/C40H36N6O6/c1-5-39(4,49)37(48)43-26-15-19-12-13-27-24(14-19)40-23-10-6-9-21(31(23)46-38(40)51-27)20-8-7-11-25-29(20)22(16-41-25)28-17-42-35(50-28)32-33(40)52-36(45-32)30(18(2)3)44-34(26)47/h6-14,16-18,26,30,38,41,46,49H,5,15H2,1-4H3,(H,43,48)(H,44,47)/t26-,30-,38?,39?,40-/m0/s1. The molecule has 0 saturated heterocycles. The molecule has 0 fully saturated rings. The predicted molar refractivity (Wildman–Crippen MR) is 191 cm³/mol. The van der Waals surface area contributed by atoms with E-state index in [4.69, 9.17) is 23.5 Å². The number of nitrogens with zero attached hydrogens (tertiary/aromatic N) is 2. The Balaban J connectivity index is 1.28. The van der Waals surface area contributed by atoms with Gasteiger partial charge in [-0.25, -0.2) is 9.97 Å². The number of oxazole rings is 2. The monoisotopic (exact) mass is 696 g/mol. The first-order valence-electron chi connectivity index (χ1n) is 17.7. The van der Waals surface area contributed by atoms with Crippen molar-refractivity contribution >= 4 is 28.4 Å². The second-order valence-corrected chi connectivity index (χ2v) is 14.8. The van der Waals surface area contributed by atoms with Crippen molar-refractivity contribution in [2.75, 3.05) is 5.32 Å². The van der Waals surface area contributed by atoms with Gasteiger partial charge in [-0.15, -0.1) is 0 Å². The lowest BCUT2D eigenvalue weighted by Gasteiger charge is -2.29. The maximum absolute atomic E-state index is 14.2. The predicted octanol–water partition coefficient (Wildman–Crippen LogP) is 5.95. The molecule has 5 N–H and O–H groups in total. The number of rotatable bonds is 4. The van der Waals surface area contributed by atoms with Crippen molar-refractivity contribution in [2.24, 2.45) is 5.92 Å². The van der Waals surface area contributed by atoms with Gasteiger partial charge in [0.25, 0.3) is 5.91 Å². The van der Waals surface area contributed by atoms with Crippen molar-refractivity contribution < 1.29 is 28.3 Å². The first-order valence-corrected chi connectivity index (χ1v) is 17.7. The van der Waals surface area contributed by atoms with E-state index in [1.54, 1.807) is 13.1 Å². The molecule has 12 heteroatoms. The second-order valence-electron chi connectivity index (χ2n) is 14.8. The van der Waals surface area contributed by atoms with Crippen LogP contribution in [0.25, 0.3) is 44.9 Å². The molecule has 3 aromatic heterocycles. The van der Waals surface area contributed by atoms with Crippen LogP contribution in [-0.2, 0) is 21.4 Å². The highest BCUT2D eigenvalue weighted by molar-refractivity contribution is 6.07. The number of aliphatic hydroxyl groups is 1. The van der Waals surface area contributed by atoms with Crippen molar-refractivity contribution in [3.05, 3.63) is 95.3 Å². The van der Waals surface area contributed by atoms with Crippen LogP contribution in [-0.4, -0.2) is 49.7 Å². The molecule has 0 saturated carbocycles. The minimum Gasteiger partial charge on any atom is -0.469 e. The number of aromatic nitrogens is 3. The summed E-state index contributed by atoms with van der Waals surface area (Å²) >= 11 is 0. The van der Waals surface area contributed by atoms with Crippen LogP contribution in [0.3, 0.4) is 0 Å². The molecule has 1 spiro atoms. The summed E-state index contributed by atoms with van der Waals surface area (Å²) in [5.74, 6) is 1.00. The molecule has 3 aromatic carbocycles. The Morgan fingerprint density at radius 2 is 1.90 bits per heavy atom. The van der Waals surface area contributed by atoms with Crippen LogP contribution >= 0.6 is 0 Å². The van der Waals surface area contributed by atoms with E-state index in [1.165, 1.54) is 6.92 Å². The molecule has 10 rings (SSSR count). The Bertz CT molecular complexity index is 2490. The number of nitrogens with one attached hydrogen (secondary N) is 4. The highest BCUT2D eigenvalue weighted by atomic mass is 16.5. The average Bonchev–Trinajstić information content (AvgIpc) is 3.95. The molecule has 4 aliphatic heterocycles. The van der Waals surface area contributed by atoms with Crippen molar-refractivity contribution in [1.29, 1.82) is 0 Å². The summed E-state index contributed by atoms with van der Waals surface area (Å²) in [6, 6.07) is 16.6. The summed E-state index contributed by atoms with van der Waals surface area (Å²) in [6.07, 6.45) is 3.35. The van der Waals surface area contributed by atoms with Crippen molar-refractivity contribution in [1.82, 2.24) is 25.6 Å². The fourth-order valence-corrected chi connectivity index (χ4v) is 8.33. The van der Waals surface area contributed by atoms with Crippen LogP contribution in [0.1, 0.15) is 68.5 Å². The molecule has 0 aliphatic carbocycles. The van der Waals surface area contributed by atoms with Gasteiger partial charge in [0.15, 0.2) is 23.4 Å². The Labute approximate surface area is 298 Å². The smallest absolute Gasteiger partial charge is 0.252 e. The molecule has 5 atom stereocenters. The lowest BCUT2D eigenvalue weighted by atomic mass is 9.72. The zero-order valence-electron chi connectivity index (χ0n) is 29.0. The maximum atomic E-state index is 14.2. The molecule has 7 heterocycles. The summed E-state index contributed by atoms with van der Waals surface area (Å²) in [5.41, 5.74) is 4.95. The number of para-hydroxylation sites is 1. The van der Waals surface area contributed by atoms with Crippen molar-refractivity contribution in [2.45, 2.75) is 69.9 Å². The SMILES string of the molecule is CCC(C)(O)C(=O)N[C@H]1Cc2ccc3c(c2)[C@]24c5cccc(c5NC2O3)-c2cccc3[nH]cc(c23)-c2cnc(o2)-c2nc(oc24)[C@H](C(C)C)NC1=O. The summed E-state index contributed by atoms with van der Waals surface area (Å²) in [6.45, 7) is 7.10. The number of benzene rings is 3. The number of anilines is 1. The number of hydrogen-bond donors (Lipinski definition) is 5. The van der Waals surface area contributed by atoms with E-state index in [0.29, 0.717) is 23.0 Å². The summed E-state index contributed by atoms with van der Waals surface area (Å²) in [7, 11) is 0. The lowest BCUT2D eigenvalue weighted by molar-refractivity contribution is -0.141. The van der Waals surface area contributed by atoms with E-state index in [0.717, 1.165) is 50.0 Å². The van der Waals surface area contributed by atoms with Crippen LogP contribution in [0.2, 0.25) is 0 Å². The van der Waals surface area contributed by atoms with E-state index < -0.39 is 41.1 Å². The lowest BCUT2D eigenvalue weighted by Crippen LogP contribution is -2.54. The summed E-state index contributed by atoms with van der Waals surface area (Å²) in [4.78, 5) is 40.8. The topological polar surface area (TPSA) is 168 Å². The van der Waals surface area contributed by atoms with E-state index >= 15 is 0 Å². The fraction of sp³-hybridized carbons (Fsp3) is 0.300. The Kier molecular flexibility index (Phi) is 6.29. The number of carbonyl (C=O) groups is 2. The molecule has 12 nitrogen and oxygen atoms in total. The number of hydrogen-bond acceptors (Lipinski definition) is 9. The molecule has 0 radical (unpaired) electrons. The van der Waals surface area contributed by atoms with Gasteiger partial charge in [0.2, 0.25) is 17.7 Å². The Morgan fingerprint density at radius 3 is 2.73 bits per heavy atom. The first-order chi connectivity index (χ1) is 25.1. The first kappa shape index (κ1) is 30.9. The van der Waals surface area contributed by atoms with E-state index in [-0.39, 0.29) is 30.5 Å². The number of amides is 2. The maximum Gasteiger partial charge on any atom is 0.252 e. The van der Waals surface area contributed by atoms with Crippen molar-refractivity contribution in [3.63, 3.8) is 0 Å². The number of aromatic amines is 1. The highest BCUT2D eigenvalue weighted by Crippen LogP contribution is 2.61. The second kappa shape index (κ2) is 10.6. The highest BCUT2D eigenvalue weighted by Gasteiger charge is 2.61. The normalized spacial score (nSPS) is 23.1. The van der Waals surface area contributed by atoms with E-state index in [1.807, 2.05) is 50.4 Å². The van der Waals surface area contributed by atoms with Gasteiger partial charge in [0.1, 0.15) is 28.8 Å². The quantitative estimate of drug-likeness (QED) is 0.150. The minimum absolute atomic E-state index is 0.164. The van der Waals surface area contributed by atoms with Crippen molar-refractivity contribution in [3.8, 4) is 39.8 Å². The number of carbonyl (C=O) groups excluding carboxylic acids is 2. The van der Waals surface area contributed by atoms with Gasteiger partial charge in [-0.05, 0) is 42.5 Å². The van der Waals surface area contributed by atoms with Crippen LogP contribution < -0.4 is 20.7 Å². The molecule has 52 heavy (non-hydrogen) atoms. The van der Waals surface area contributed by atoms with E-state index in [2.05, 4.69) is 45.2 Å². The molecule has 4 aliphatic rings. The molecule has 10 bridgehead atoms. The molecule has 6 aromatic rings. The third-order valence-electron chi connectivity index (χ3n) is 11.3. The van der Waals surface area contributed by atoms with Gasteiger partial charge in [0.05, 0.1) is 6.20 Å². The van der Waals surface area contributed by atoms with Crippen LogP contribution in [0.4, 0.5) is 5.69 Å². The molecule has 262 valence electrons. The zero-order valence-corrected chi connectivity index (χ0v) is 29.0. The van der Waals surface area contributed by atoms with Gasteiger partial charge in [-0.1, -0.05) is 63.2 Å². The third kappa shape index (κ3) is 4.06. The minimum atomic E-state index is -1.66. The van der Waals surface area contributed by atoms with Gasteiger partial charge < -0.3 is 39.6 Å². The average molecular weight is 697 g/mol. The summed E-state index contributed by atoms with van der Waals surface area (Å²) < 4.78 is 20.4. The Hall–Kier alpha value is -5.88. The zero-order chi connectivity index (χ0) is 35.7.